The molecule has 0 saturated heterocycles. The highest BCUT2D eigenvalue weighted by molar-refractivity contribution is 5.84. The lowest BCUT2D eigenvalue weighted by molar-refractivity contribution is -0.124. The maximum absolute atomic E-state index is 13.0. The minimum atomic E-state index is -0.101. The van der Waals surface area contributed by atoms with Gasteiger partial charge in [-0.15, -0.1) is 0 Å². The van der Waals surface area contributed by atoms with Crippen molar-refractivity contribution in [1.82, 2.24) is 25.5 Å². The van der Waals surface area contributed by atoms with E-state index in [4.69, 9.17) is 0 Å². The van der Waals surface area contributed by atoms with Crippen molar-refractivity contribution in [3.63, 3.8) is 0 Å². The zero-order chi connectivity index (χ0) is 18.5. The number of rotatable bonds is 6. The van der Waals surface area contributed by atoms with E-state index in [-0.39, 0.29) is 11.8 Å². The molecule has 1 aliphatic carbocycles. The van der Waals surface area contributed by atoms with Gasteiger partial charge in [-0.2, -0.15) is 5.10 Å². The monoisotopic (exact) mass is 361 g/mol. The predicted molar refractivity (Wildman–Crippen MR) is 103 cm³/mol. The van der Waals surface area contributed by atoms with E-state index in [9.17, 15) is 4.79 Å². The van der Waals surface area contributed by atoms with Crippen LogP contribution in [0.5, 0.6) is 0 Å². The molecule has 1 saturated carbocycles. The number of amides is 1. The lowest BCUT2D eigenvalue weighted by Gasteiger charge is -2.23. The van der Waals surface area contributed by atoms with Crippen molar-refractivity contribution in [3.05, 3.63) is 66.2 Å². The van der Waals surface area contributed by atoms with Gasteiger partial charge in [0.15, 0.2) is 5.82 Å². The molecule has 2 heterocycles. The summed E-state index contributed by atoms with van der Waals surface area (Å²) in [5.74, 6) is 1.63. The van der Waals surface area contributed by atoms with Crippen LogP contribution in [0, 0.1) is 5.92 Å². The quantitative estimate of drug-likeness (QED) is 0.704. The van der Waals surface area contributed by atoms with Crippen LogP contribution >= 0.6 is 0 Å². The lowest BCUT2D eigenvalue weighted by atomic mass is 9.84. The minimum Gasteiger partial charge on any atom is -0.348 e. The molecule has 1 aromatic carbocycles. The molecular weight excluding hydrogens is 338 g/mol. The molecule has 4 rings (SSSR count). The second-order valence-electron chi connectivity index (χ2n) is 6.99. The van der Waals surface area contributed by atoms with Crippen molar-refractivity contribution in [1.29, 1.82) is 0 Å². The number of hydrogen-bond acceptors (Lipinski definition) is 4. The van der Waals surface area contributed by atoms with Gasteiger partial charge >= 0.3 is 0 Å². The average Bonchev–Trinajstić information content (AvgIpc) is 3.41. The molecule has 6 heteroatoms. The smallest absolute Gasteiger partial charge is 0.228 e. The van der Waals surface area contributed by atoms with E-state index in [1.54, 1.807) is 12.4 Å². The number of aromatic nitrogens is 4. The van der Waals surface area contributed by atoms with Gasteiger partial charge in [0.2, 0.25) is 5.91 Å². The second kappa shape index (κ2) is 8.12. The van der Waals surface area contributed by atoms with Crippen LogP contribution in [-0.4, -0.2) is 26.1 Å². The largest absolute Gasteiger partial charge is 0.348 e. The Balaban J connectivity index is 1.45. The van der Waals surface area contributed by atoms with Crippen LogP contribution in [0.25, 0.3) is 11.4 Å². The standard InChI is InChI=1S/C21H23N5O/c27-21(19(16-8-4-5-9-16)15-6-2-1-3-7-15)23-14-18-24-20(26-25-18)17-10-12-22-13-11-17/h1-3,6-7,10-13,16,19H,4-5,8-9,14H2,(H,23,27)(H,24,25,26)/t19-/m0/s1. The molecule has 138 valence electrons. The molecule has 0 unspecified atom stereocenters. The molecule has 3 aromatic rings. The number of benzene rings is 1. The van der Waals surface area contributed by atoms with Crippen LogP contribution < -0.4 is 5.32 Å². The third kappa shape index (κ3) is 4.05. The third-order valence-corrected chi connectivity index (χ3v) is 5.21. The van der Waals surface area contributed by atoms with E-state index in [1.165, 1.54) is 12.8 Å². The number of pyridine rings is 1. The first-order valence-electron chi connectivity index (χ1n) is 9.45. The van der Waals surface area contributed by atoms with Gasteiger partial charge in [-0.3, -0.25) is 14.9 Å². The summed E-state index contributed by atoms with van der Waals surface area (Å²) in [6.07, 6.45) is 8.05. The molecule has 1 aliphatic rings. The summed E-state index contributed by atoms with van der Waals surface area (Å²) >= 11 is 0. The van der Waals surface area contributed by atoms with Gasteiger partial charge in [-0.05, 0) is 36.5 Å². The number of hydrogen-bond donors (Lipinski definition) is 2. The van der Waals surface area contributed by atoms with Gasteiger partial charge in [-0.1, -0.05) is 43.2 Å². The zero-order valence-electron chi connectivity index (χ0n) is 15.1. The number of nitrogens with one attached hydrogen (secondary N) is 2. The van der Waals surface area contributed by atoms with Crippen LogP contribution in [0.2, 0.25) is 0 Å². The summed E-state index contributed by atoms with van der Waals surface area (Å²) in [4.78, 5) is 21.5. The number of nitrogens with zero attached hydrogens (tertiary/aromatic N) is 3. The summed E-state index contributed by atoms with van der Waals surface area (Å²) < 4.78 is 0. The molecule has 2 N–H and O–H groups in total. The molecule has 6 nitrogen and oxygen atoms in total. The Kier molecular flexibility index (Phi) is 5.23. The maximum Gasteiger partial charge on any atom is 0.228 e. The van der Waals surface area contributed by atoms with E-state index in [2.05, 4.69) is 37.6 Å². The Morgan fingerprint density at radius 3 is 2.59 bits per heavy atom. The van der Waals surface area contributed by atoms with Crippen LogP contribution in [-0.2, 0) is 11.3 Å². The number of carbonyl (C=O) groups is 1. The Morgan fingerprint density at radius 2 is 1.85 bits per heavy atom. The molecule has 27 heavy (non-hydrogen) atoms. The molecule has 0 spiro atoms. The summed E-state index contributed by atoms with van der Waals surface area (Å²) in [6.45, 7) is 0.340. The van der Waals surface area contributed by atoms with E-state index in [0.29, 0.717) is 24.1 Å². The van der Waals surface area contributed by atoms with Gasteiger partial charge in [-0.25, -0.2) is 4.98 Å². The zero-order valence-corrected chi connectivity index (χ0v) is 15.1. The molecule has 0 bridgehead atoms. The van der Waals surface area contributed by atoms with E-state index < -0.39 is 0 Å². The van der Waals surface area contributed by atoms with Crippen LogP contribution in [0.3, 0.4) is 0 Å². The average molecular weight is 361 g/mol. The van der Waals surface area contributed by atoms with E-state index in [1.807, 2.05) is 30.3 Å². The van der Waals surface area contributed by atoms with Gasteiger partial charge in [0.05, 0.1) is 12.5 Å². The fraction of sp³-hybridized carbons (Fsp3) is 0.333. The van der Waals surface area contributed by atoms with Crippen molar-refractivity contribution >= 4 is 5.91 Å². The highest BCUT2D eigenvalue weighted by atomic mass is 16.1. The summed E-state index contributed by atoms with van der Waals surface area (Å²) in [5.41, 5.74) is 1.99. The Bertz CT molecular complexity index is 872. The topological polar surface area (TPSA) is 83.6 Å². The van der Waals surface area contributed by atoms with Crippen LogP contribution in [0.4, 0.5) is 0 Å². The molecule has 0 aliphatic heterocycles. The number of carbonyl (C=O) groups excluding carboxylic acids is 1. The van der Waals surface area contributed by atoms with Crippen LogP contribution in [0.1, 0.15) is 43.0 Å². The van der Waals surface area contributed by atoms with Crippen molar-refractivity contribution in [2.24, 2.45) is 5.92 Å². The molecule has 2 aromatic heterocycles. The summed E-state index contributed by atoms with van der Waals surface area (Å²) in [5, 5.41) is 10.2. The Labute approximate surface area is 158 Å². The molecule has 0 radical (unpaired) electrons. The van der Waals surface area contributed by atoms with Crippen molar-refractivity contribution in [2.75, 3.05) is 0 Å². The van der Waals surface area contributed by atoms with Gasteiger partial charge < -0.3 is 5.32 Å². The summed E-state index contributed by atoms with van der Waals surface area (Å²) in [6, 6.07) is 13.8. The Morgan fingerprint density at radius 1 is 1.11 bits per heavy atom. The SMILES string of the molecule is O=C(NCc1nc(-c2ccncc2)n[nH]1)[C@@H](c1ccccc1)C1CCCC1. The first-order valence-corrected chi connectivity index (χ1v) is 9.45. The van der Waals surface area contributed by atoms with Crippen LogP contribution in [0.15, 0.2) is 54.9 Å². The molecule has 1 fully saturated rings. The summed E-state index contributed by atoms with van der Waals surface area (Å²) in [7, 11) is 0. The fourth-order valence-corrected chi connectivity index (χ4v) is 3.87. The normalized spacial score (nSPS) is 15.6. The van der Waals surface area contributed by atoms with Gasteiger partial charge in [0.25, 0.3) is 0 Å². The van der Waals surface area contributed by atoms with Gasteiger partial charge in [0.1, 0.15) is 5.82 Å². The molecular formula is C21H23N5O. The number of aromatic amines is 1. The highest BCUT2D eigenvalue weighted by Crippen LogP contribution is 2.37. The Hall–Kier alpha value is -3.02. The predicted octanol–water partition coefficient (Wildman–Crippen LogP) is 3.46. The number of H-pyrrole nitrogens is 1. The first kappa shape index (κ1) is 17.4. The molecule has 1 amide bonds. The van der Waals surface area contributed by atoms with Crippen molar-refractivity contribution < 1.29 is 4.79 Å². The third-order valence-electron chi connectivity index (χ3n) is 5.21. The first-order chi connectivity index (χ1) is 13.3. The van der Waals surface area contributed by atoms with E-state index >= 15 is 0 Å². The maximum atomic E-state index is 13.0. The highest BCUT2D eigenvalue weighted by Gasteiger charge is 2.31. The lowest BCUT2D eigenvalue weighted by Crippen LogP contribution is -2.32. The second-order valence-corrected chi connectivity index (χ2v) is 6.99. The fourth-order valence-electron chi connectivity index (χ4n) is 3.87. The van der Waals surface area contributed by atoms with Crippen molar-refractivity contribution in [2.45, 2.75) is 38.1 Å². The van der Waals surface area contributed by atoms with Gasteiger partial charge in [0, 0.05) is 18.0 Å². The minimum absolute atomic E-state index is 0.0648. The van der Waals surface area contributed by atoms with Crippen molar-refractivity contribution in [3.8, 4) is 11.4 Å². The van der Waals surface area contributed by atoms with E-state index in [0.717, 1.165) is 24.0 Å². The molecule has 1 atom stereocenters.